The Hall–Kier alpha value is -1.73. The number of rotatable bonds is 5. The zero-order valence-corrected chi connectivity index (χ0v) is 12.2. The van der Waals surface area contributed by atoms with Gasteiger partial charge in [0.15, 0.2) is 5.13 Å². The van der Waals surface area contributed by atoms with Crippen molar-refractivity contribution in [3.05, 3.63) is 39.6 Å². The topological polar surface area (TPSA) is 59.3 Å². The maximum absolute atomic E-state index is 12.8. The molecular weight excluding hydrogens is 303 g/mol. The minimum absolute atomic E-state index is 0.296. The SMILES string of the molecule is CC[C@@H](C(=O)N/N=C\c1ccc(F)s1)n1cc(Cl)cn1. The summed E-state index contributed by atoms with van der Waals surface area (Å²) in [6.45, 7) is 1.86. The number of hydrogen-bond donors (Lipinski definition) is 1. The second-order valence-electron chi connectivity index (χ2n) is 3.94. The second-order valence-corrected chi connectivity index (χ2v) is 5.44. The van der Waals surface area contributed by atoms with Crippen molar-refractivity contribution in [3.63, 3.8) is 0 Å². The summed E-state index contributed by atoms with van der Waals surface area (Å²) >= 11 is 6.73. The van der Waals surface area contributed by atoms with Crippen molar-refractivity contribution in [1.82, 2.24) is 15.2 Å². The number of nitrogens with one attached hydrogen (secondary N) is 1. The largest absolute Gasteiger partial charge is 0.271 e. The number of hydrogen-bond acceptors (Lipinski definition) is 4. The molecule has 2 rings (SSSR count). The fraction of sp³-hybridized carbons (Fsp3) is 0.250. The summed E-state index contributed by atoms with van der Waals surface area (Å²) in [6.07, 6.45) is 4.99. The normalized spacial score (nSPS) is 12.8. The van der Waals surface area contributed by atoms with Crippen molar-refractivity contribution >= 4 is 35.1 Å². The molecule has 20 heavy (non-hydrogen) atoms. The van der Waals surface area contributed by atoms with Crippen LogP contribution >= 0.6 is 22.9 Å². The molecule has 0 saturated carbocycles. The maximum atomic E-state index is 12.8. The summed E-state index contributed by atoms with van der Waals surface area (Å²) in [6, 6.07) is 2.44. The van der Waals surface area contributed by atoms with Gasteiger partial charge in [-0.05, 0) is 18.6 Å². The molecular formula is C12H12ClFN4OS. The Morgan fingerprint density at radius 3 is 3.05 bits per heavy atom. The summed E-state index contributed by atoms with van der Waals surface area (Å²) in [5.74, 6) is -0.305. The Kier molecular flexibility index (Phi) is 4.86. The van der Waals surface area contributed by atoms with Crippen LogP contribution in [0.2, 0.25) is 5.02 Å². The van der Waals surface area contributed by atoms with Crippen LogP contribution in [0.15, 0.2) is 29.6 Å². The Morgan fingerprint density at radius 1 is 1.70 bits per heavy atom. The number of amides is 1. The first-order valence-electron chi connectivity index (χ1n) is 5.88. The molecule has 2 aromatic rings. The van der Waals surface area contributed by atoms with E-state index in [1.54, 1.807) is 12.3 Å². The fourth-order valence-electron chi connectivity index (χ4n) is 1.61. The van der Waals surface area contributed by atoms with E-state index in [0.717, 1.165) is 11.3 Å². The van der Waals surface area contributed by atoms with Gasteiger partial charge in [-0.1, -0.05) is 18.5 Å². The smallest absolute Gasteiger partial charge is 0.264 e. The lowest BCUT2D eigenvalue weighted by Gasteiger charge is -2.12. The highest BCUT2D eigenvalue weighted by molar-refractivity contribution is 7.12. The zero-order chi connectivity index (χ0) is 14.5. The molecule has 8 heteroatoms. The van der Waals surface area contributed by atoms with E-state index in [0.29, 0.717) is 16.3 Å². The highest BCUT2D eigenvalue weighted by atomic mass is 35.5. The first kappa shape index (κ1) is 14.7. The van der Waals surface area contributed by atoms with Crippen molar-refractivity contribution in [2.45, 2.75) is 19.4 Å². The van der Waals surface area contributed by atoms with Gasteiger partial charge >= 0.3 is 0 Å². The molecule has 0 saturated heterocycles. The molecule has 2 heterocycles. The molecule has 0 aliphatic rings. The third-order valence-corrected chi connectivity index (χ3v) is 3.54. The maximum Gasteiger partial charge on any atom is 0.264 e. The van der Waals surface area contributed by atoms with Crippen LogP contribution in [-0.4, -0.2) is 21.9 Å². The predicted molar refractivity (Wildman–Crippen MR) is 76.6 cm³/mol. The lowest BCUT2D eigenvalue weighted by molar-refractivity contribution is -0.124. The molecule has 106 valence electrons. The summed E-state index contributed by atoms with van der Waals surface area (Å²) in [5, 5.41) is 7.97. The molecule has 1 atom stereocenters. The number of carbonyl (C=O) groups excluding carboxylic acids is 1. The van der Waals surface area contributed by atoms with Crippen LogP contribution in [0.5, 0.6) is 0 Å². The van der Waals surface area contributed by atoms with Crippen molar-refractivity contribution < 1.29 is 9.18 Å². The standard InChI is InChI=1S/C12H12ClFN4OS/c1-2-10(18-7-8(13)5-16-18)12(19)17-15-6-9-3-4-11(14)20-9/h3-7,10H,2H2,1H3,(H,17,19)/b15-6-/t10-/m0/s1. The summed E-state index contributed by atoms with van der Waals surface area (Å²) in [4.78, 5) is 12.6. The van der Waals surface area contributed by atoms with Crippen LogP contribution in [-0.2, 0) is 4.79 Å². The number of hydrazone groups is 1. The number of carbonyl (C=O) groups is 1. The van der Waals surface area contributed by atoms with Crippen LogP contribution < -0.4 is 5.43 Å². The van der Waals surface area contributed by atoms with E-state index in [9.17, 15) is 9.18 Å². The highest BCUT2D eigenvalue weighted by Crippen LogP contribution is 2.14. The van der Waals surface area contributed by atoms with Gasteiger partial charge in [0.05, 0.1) is 22.3 Å². The van der Waals surface area contributed by atoms with Crippen LogP contribution in [0.1, 0.15) is 24.3 Å². The van der Waals surface area contributed by atoms with Gasteiger partial charge in [-0.3, -0.25) is 9.48 Å². The minimum Gasteiger partial charge on any atom is -0.271 e. The quantitative estimate of drug-likeness (QED) is 0.681. The van der Waals surface area contributed by atoms with E-state index in [4.69, 9.17) is 11.6 Å². The van der Waals surface area contributed by atoms with E-state index in [1.165, 1.54) is 23.2 Å². The Labute approximate surface area is 124 Å². The lowest BCUT2D eigenvalue weighted by Crippen LogP contribution is -2.29. The Morgan fingerprint density at radius 2 is 2.50 bits per heavy atom. The van der Waals surface area contributed by atoms with Gasteiger partial charge in [-0.15, -0.1) is 11.3 Å². The average molecular weight is 315 g/mol. The van der Waals surface area contributed by atoms with Crippen LogP contribution in [0.4, 0.5) is 4.39 Å². The van der Waals surface area contributed by atoms with Gasteiger partial charge < -0.3 is 0 Å². The molecule has 1 amide bonds. The van der Waals surface area contributed by atoms with E-state index >= 15 is 0 Å². The van der Waals surface area contributed by atoms with Gasteiger partial charge in [-0.25, -0.2) is 5.43 Å². The Bertz CT molecular complexity index is 625. The van der Waals surface area contributed by atoms with Gasteiger partial charge in [-0.2, -0.15) is 14.6 Å². The number of halogens is 2. The van der Waals surface area contributed by atoms with E-state index < -0.39 is 6.04 Å². The van der Waals surface area contributed by atoms with Crippen molar-refractivity contribution in [3.8, 4) is 0 Å². The van der Waals surface area contributed by atoms with Crippen LogP contribution in [0, 0.1) is 5.13 Å². The minimum atomic E-state index is -0.486. The summed E-state index contributed by atoms with van der Waals surface area (Å²) < 4.78 is 14.2. The van der Waals surface area contributed by atoms with Crippen molar-refractivity contribution in [2.24, 2.45) is 5.10 Å². The molecule has 0 aromatic carbocycles. The van der Waals surface area contributed by atoms with Gasteiger partial charge in [0.25, 0.3) is 5.91 Å². The molecule has 5 nitrogen and oxygen atoms in total. The van der Waals surface area contributed by atoms with Gasteiger partial charge in [0.1, 0.15) is 6.04 Å². The molecule has 0 aliphatic carbocycles. The van der Waals surface area contributed by atoms with E-state index in [2.05, 4.69) is 15.6 Å². The number of nitrogens with zero attached hydrogens (tertiary/aromatic N) is 3. The fourth-order valence-corrected chi connectivity index (χ4v) is 2.36. The first-order chi connectivity index (χ1) is 9.60. The number of aromatic nitrogens is 2. The molecule has 0 aliphatic heterocycles. The van der Waals surface area contributed by atoms with Crippen LogP contribution in [0.3, 0.4) is 0 Å². The molecule has 0 unspecified atom stereocenters. The van der Waals surface area contributed by atoms with Crippen LogP contribution in [0.25, 0.3) is 0 Å². The van der Waals surface area contributed by atoms with E-state index in [1.807, 2.05) is 6.92 Å². The van der Waals surface area contributed by atoms with E-state index in [-0.39, 0.29) is 11.0 Å². The monoisotopic (exact) mass is 314 g/mol. The molecule has 0 bridgehead atoms. The highest BCUT2D eigenvalue weighted by Gasteiger charge is 2.18. The molecule has 2 aromatic heterocycles. The zero-order valence-electron chi connectivity index (χ0n) is 10.6. The summed E-state index contributed by atoms with van der Waals surface area (Å²) in [5.41, 5.74) is 2.41. The number of thiophene rings is 1. The average Bonchev–Trinajstić information content (AvgIpc) is 3.00. The first-order valence-corrected chi connectivity index (χ1v) is 7.07. The van der Waals surface area contributed by atoms with Crippen molar-refractivity contribution in [1.29, 1.82) is 0 Å². The molecule has 0 spiro atoms. The Balaban J connectivity index is 1.98. The lowest BCUT2D eigenvalue weighted by atomic mass is 10.2. The second kappa shape index (κ2) is 6.62. The third kappa shape index (κ3) is 3.64. The molecule has 1 N–H and O–H groups in total. The third-order valence-electron chi connectivity index (χ3n) is 2.54. The van der Waals surface area contributed by atoms with Gasteiger partial charge in [0, 0.05) is 6.20 Å². The predicted octanol–water partition coefficient (Wildman–Crippen LogP) is 2.84. The van der Waals surface area contributed by atoms with Gasteiger partial charge in [0.2, 0.25) is 0 Å². The molecule has 0 fully saturated rings. The van der Waals surface area contributed by atoms with Crippen molar-refractivity contribution in [2.75, 3.05) is 0 Å². The molecule has 0 radical (unpaired) electrons. The summed E-state index contributed by atoms with van der Waals surface area (Å²) in [7, 11) is 0.